The summed E-state index contributed by atoms with van der Waals surface area (Å²) in [5.41, 5.74) is 5.58. The summed E-state index contributed by atoms with van der Waals surface area (Å²) in [7, 11) is 2.14. The topological polar surface area (TPSA) is 13.1 Å². The predicted molar refractivity (Wildman–Crippen MR) is 87.3 cm³/mol. The molecule has 20 heavy (non-hydrogen) atoms. The summed E-state index contributed by atoms with van der Waals surface area (Å²) in [6, 6.07) is 23.0. The standard InChI is InChI=1S/C18H13BO/c19-16-10-3-1-6-12(16)14-8-5-9-15-13-7-2-4-11-17(13)20-18(14)15/h1-11H,19H2. The van der Waals surface area contributed by atoms with Crippen LogP contribution in [0.1, 0.15) is 0 Å². The minimum absolute atomic E-state index is 0.948. The highest BCUT2D eigenvalue weighted by atomic mass is 16.3. The molecule has 0 atom stereocenters. The number of fused-ring (bicyclic) bond motifs is 3. The molecule has 1 heterocycles. The van der Waals surface area contributed by atoms with Crippen molar-refractivity contribution in [2.75, 3.05) is 0 Å². The van der Waals surface area contributed by atoms with Crippen molar-refractivity contribution in [3.8, 4) is 11.1 Å². The van der Waals surface area contributed by atoms with E-state index in [0.717, 1.165) is 16.7 Å². The number of hydrogen-bond donors (Lipinski definition) is 0. The fraction of sp³-hybridized carbons (Fsp3) is 0. The van der Waals surface area contributed by atoms with Crippen LogP contribution in [-0.2, 0) is 0 Å². The Hall–Kier alpha value is -2.48. The lowest BCUT2D eigenvalue weighted by molar-refractivity contribution is 0.670. The molecule has 4 aromatic rings. The van der Waals surface area contributed by atoms with Crippen LogP contribution in [0, 0.1) is 0 Å². The maximum absolute atomic E-state index is 6.09. The van der Waals surface area contributed by atoms with Crippen LogP contribution < -0.4 is 5.46 Å². The molecule has 0 saturated heterocycles. The van der Waals surface area contributed by atoms with Crippen LogP contribution in [-0.4, -0.2) is 7.85 Å². The van der Waals surface area contributed by atoms with Crippen molar-refractivity contribution in [3.63, 3.8) is 0 Å². The van der Waals surface area contributed by atoms with Gasteiger partial charge in [-0.3, -0.25) is 0 Å². The van der Waals surface area contributed by atoms with Crippen molar-refractivity contribution in [2.45, 2.75) is 0 Å². The molecule has 0 unspecified atom stereocenters. The first kappa shape index (κ1) is 11.4. The van der Waals surface area contributed by atoms with Gasteiger partial charge in [-0.05, 0) is 11.6 Å². The van der Waals surface area contributed by atoms with E-state index in [-0.39, 0.29) is 0 Å². The Morgan fingerprint density at radius 2 is 1.35 bits per heavy atom. The number of hydrogen-bond acceptors (Lipinski definition) is 1. The fourth-order valence-electron chi connectivity index (χ4n) is 2.83. The van der Waals surface area contributed by atoms with Crippen LogP contribution in [0.25, 0.3) is 33.1 Å². The molecule has 0 amide bonds. The van der Waals surface area contributed by atoms with Gasteiger partial charge in [0.2, 0.25) is 0 Å². The Morgan fingerprint density at radius 3 is 2.25 bits per heavy atom. The van der Waals surface area contributed by atoms with E-state index < -0.39 is 0 Å². The van der Waals surface area contributed by atoms with Gasteiger partial charge in [0, 0.05) is 16.3 Å². The molecule has 0 N–H and O–H groups in total. The second-order valence-electron chi connectivity index (χ2n) is 5.10. The summed E-state index contributed by atoms with van der Waals surface area (Å²) in [4.78, 5) is 0. The van der Waals surface area contributed by atoms with E-state index in [2.05, 4.69) is 62.4 Å². The molecule has 0 bridgehead atoms. The van der Waals surface area contributed by atoms with Crippen molar-refractivity contribution >= 4 is 35.2 Å². The monoisotopic (exact) mass is 256 g/mol. The minimum atomic E-state index is 0.948. The molecule has 1 nitrogen and oxygen atoms in total. The maximum atomic E-state index is 6.09. The van der Waals surface area contributed by atoms with Gasteiger partial charge in [-0.2, -0.15) is 0 Å². The van der Waals surface area contributed by atoms with Crippen LogP contribution in [0.3, 0.4) is 0 Å². The number of para-hydroxylation sites is 2. The number of furan rings is 1. The predicted octanol–water partition coefficient (Wildman–Crippen LogP) is 3.51. The lowest BCUT2D eigenvalue weighted by Crippen LogP contribution is -2.05. The van der Waals surface area contributed by atoms with E-state index in [4.69, 9.17) is 4.42 Å². The summed E-state index contributed by atoms with van der Waals surface area (Å²) in [5.74, 6) is 0. The molecule has 2 heteroatoms. The molecule has 0 aliphatic carbocycles. The van der Waals surface area contributed by atoms with Gasteiger partial charge < -0.3 is 4.42 Å². The van der Waals surface area contributed by atoms with E-state index in [1.807, 2.05) is 12.1 Å². The van der Waals surface area contributed by atoms with Crippen molar-refractivity contribution in [2.24, 2.45) is 0 Å². The minimum Gasteiger partial charge on any atom is -0.455 e. The number of rotatable bonds is 1. The molecule has 0 saturated carbocycles. The highest BCUT2D eigenvalue weighted by molar-refractivity contribution is 6.36. The van der Waals surface area contributed by atoms with Gasteiger partial charge >= 0.3 is 0 Å². The first-order valence-electron chi connectivity index (χ1n) is 6.81. The second-order valence-corrected chi connectivity index (χ2v) is 5.10. The smallest absolute Gasteiger partial charge is 0.143 e. The van der Waals surface area contributed by atoms with Crippen LogP contribution in [0.2, 0.25) is 0 Å². The Balaban J connectivity index is 2.13. The van der Waals surface area contributed by atoms with Gasteiger partial charge in [-0.1, -0.05) is 66.1 Å². The zero-order chi connectivity index (χ0) is 13.5. The largest absolute Gasteiger partial charge is 0.455 e. The molecule has 4 rings (SSSR count). The van der Waals surface area contributed by atoms with Crippen LogP contribution in [0.4, 0.5) is 0 Å². The van der Waals surface area contributed by atoms with Gasteiger partial charge in [0.15, 0.2) is 0 Å². The molecular formula is C18H13BO. The van der Waals surface area contributed by atoms with Crippen LogP contribution >= 0.6 is 0 Å². The lowest BCUT2D eigenvalue weighted by atomic mass is 9.87. The van der Waals surface area contributed by atoms with E-state index in [1.165, 1.54) is 21.8 Å². The lowest BCUT2D eigenvalue weighted by Gasteiger charge is -2.06. The zero-order valence-corrected chi connectivity index (χ0v) is 11.3. The van der Waals surface area contributed by atoms with Crippen LogP contribution in [0.5, 0.6) is 0 Å². The Labute approximate surface area is 118 Å². The van der Waals surface area contributed by atoms with Crippen molar-refractivity contribution in [1.82, 2.24) is 0 Å². The van der Waals surface area contributed by atoms with Gasteiger partial charge in [-0.15, -0.1) is 0 Å². The fourth-order valence-corrected chi connectivity index (χ4v) is 2.83. The molecule has 0 spiro atoms. The first-order valence-corrected chi connectivity index (χ1v) is 6.81. The average molecular weight is 256 g/mol. The molecule has 0 radical (unpaired) electrons. The van der Waals surface area contributed by atoms with Gasteiger partial charge in [-0.25, -0.2) is 0 Å². The Bertz CT molecular complexity index is 921. The van der Waals surface area contributed by atoms with E-state index in [9.17, 15) is 0 Å². The molecule has 0 aliphatic rings. The maximum Gasteiger partial charge on any atom is 0.143 e. The zero-order valence-electron chi connectivity index (χ0n) is 11.3. The summed E-state index contributed by atoms with van der Waals surface area (Å²) in [6.07, 6.45) is 0. The number of benzene rings is 3. The average Bonchev–Trinajstić information content (AvgIpc) is 2.86. The van der Waals surface area contributed by atoms with E-state index in [1.54, 1.807) is 0 Å². The summed E-state index contributed by atoms with van der Waals surface area (Å²) < 4.78 is 6.09. The summed E-state index contributed by atoms with van der Waals surface area (Å²) in [5, 5.41) is 2.36. The Morgan fingerprint density at radius 1 is 0.650 bits per heavy atom. The quantitative estimate of drug-likeness (QED) is 0.475. The van der Waals surface area contributed by atoms with E-state index >= 15 is 0 Å². The molecule has 1 aromatic heterocycles. The molecule has 94 valence electrons. The van der Waals surface area contributed by atoms with E-state index in [0.29, 0.717) is 0 Å². The summed E-state index contributed by atoms with van der Waals surface area (Å²) >= 11 is 0. The van der Waals surface area contributed by atoms with Crippen molar-refractivity contribution < 1.29 is 4.42 Å². The molecule has 0 aliphatic heterocycles. The molecule has 3 aromatic carbocycles. The highest BCUT2D eigenvalue weighted by Crippen LogP contribution is 2.34. The highest BCUT2D eigenvalue weighted by Gasteiger charge is 2.12. The SMILES string of the molecule is Bc1ccccc1-c1cccc2c1oc1ccccc12. The normalized spacial score (nSPS) is 11.2. The third-order valence-corrected chi connectivity index (χ3v) is 3.84. The summed E-state index contributed by atoms with van der Waals surface area (Å²) in [6.45, 7) is 0. The van der Waals surface area contributed by atoms with Crippen LogP contribution in [0.15, 0.2) is 71.1 Å². The van der Waals surface area contributed by atoms with Crippen molar-refractivity contribution in [1.29, 1.82) is 0 Å². The third kappa shape index (κ3) is 1.58. The molecular weight excluding hydrogens is 243 g/mol. The van der Waals surface area contributed by atoms with Gasteiger partial charge in [0.25, 0.3) is 0 Å². The third-order valence-electron chi connectivity index (χ3n) is 3.84. The first-order chi connectivity index (χ1) is 9.84. The van der Waals surface area contributed by atoms with Crippen molar-refractivity contribution in [3.05, 3.63) is 66.7 Å². The Kier molecular flexibility index (Phi) is 2.43. The van der Waals surface area contributed by atoms with Gasteiger partial charge in [0.05, 0.1) is 0 Å². The van der Waals surface area contributed by atoms with Gasteiger partial charge in [0.1, 0.15) is 19.0 Å². The second kappa shape index (κ2) is 4.27. The molecule has 0 fully saturated rings.